The number of aliphatic hydroxyl groups is 1. The fourth-order valence-electron chi connectivity index (χ4n) is 2.18. The maximum atomic E-state index is 12.1. The number of hydrogen-bond donors (Lipinski definition) is 2. The van der Waals surface area contributed by atoms with Crippen LogP contribution in [0.15, 0.2) is 12.1 Å². The maximum absolute atomic E-state index is 12.1. The molecule has 1 unspecified atom stereocenters. The van der Waals surface area contributed by atoms with Crippen molar-refractivity contribution in [3.8, 4) is 0 Å². The zero-order valence-electron chi connectivity index (χ0n) is 10.0. The number of aromatic amines is 1. The van der Waals surface area contributed by atoms with Crippen LogP contribution in [0.1, 0.15) is 30.3 Å². The number of nitrogens with zero attached hydrogens (tertiary/aromatic N) is 2. The predicted molar refractivity (Wildman–Crippen MR) is 63.2 cm³/mol. The highest BCUT2D eigenvalue weighted by Crippen LogP contribution is 2.22. The summed E-state index contributed by atoms with van der Waals surface area (Å²) in [5.74, 6) is -0.523. The van der Waals surface area contributed by atoms with Crippen molar-refractivity contribution in [3.05, 3.63) is 27.9 Å². The fourth-order valence-corrected chi connectivity index (χ4v) is 2.18. The van der Waals surface area contributed by atoms with Crippen LogP contribution in [0.4, 0.5) is 5.82 Å². The molecule has 0 aromatic carbocycles. The summed E-state index contributed by atoms with van der Waals surface area (Å²) in [6.07, 6.45) is 1.38. The lowest BCUT2D eigenvalue weighted by atomic mass is 9.95. The lowest BCUT2D eigenvalue weighted by Crippen LogP contribution is -2.48. The van der Waals surface area contributed by atoms with Crippen LogP contribution in [0.25, 0.3) is 0 Å². The summed E-state index contributed by atoms with van der Waals surface area (Å²) in [5.41, 5.74) is -0.703. The molecule has 0 spiro atoms. The third-order valence-corrected chi connectivity index (χ3v) is 3.06. The zero-order valence-corrected chi connectivity index (χ0v) is 10.0. The number of nitrogens with one attached hydrogen (secondary N) is 1. The largest absolute Gasteiger partial charge is 0.388 e. The third-order valence-electron chi connectivity index (χ3n) is 3.06. The Bertz CT molecular complexity index is 480. The highest BCUT2D eigenvalue weighted by atomic mass is 16.6. The van der Waals surface area contributed by atoms with E-state index in [1.165, 1.54) is 17.0 Å². The fraction of sp³-hybridized carbons (Fsp3) is 0.545. The molecule has 0 bridgehead atoms. The van der Waals surface area contributed by atoms with E-state index in [0.717, 1.165) is 6.42 Å². The Balaban J connectivity index is 2.13. The van der Waals surface area contributed by atoms with E-state index >= 15 is 0 Å². The molecular formula is C11H15N3O4. The van der Waals surface area contributed by atoms with Crippen molar-refractivity contribution < 1.29 is 14.8 Å². The number of aromatic nitrogens is 1. The molecule has 1 aliphatic heterocycles. The van der Waals surface area contributed by atoms with E-state index in [1.54, 1.807) is 6.92 Å². The standard InChI is InChI=1S/C11H15N3O4/c1-11(16)5-2-6-13(7-11)10(15)8-3-4-9(12-8)14(17)18/h3-4,12,16H,2,5-7H2,1H3. The Kier molecular flexibility index (Phi) is 3.08. The molecule has 1 aromatic rings. The van der Waals surface area contributed by atoms with Gasteiger partial charge in [0.2, 0.25) is 0 Å². The van der Waals surface area contributed by atoms with Gasteiger partial charge < -0.3 is 20.1 Å². The first-order chi connectivity index (χ1) is 8.39. The van der Waals surface area contributed by atoms with E-state index in [4.69, 9.17) is 0 Å². The number of carbonyl (C=O) groups is 1. The molecule has 0 radical (unpaired) electrons. The first-order valence-electron chi connectivity index (χ1n) is 5.74. The molecular weight excluding hydrogens is 238 g/mol. The molecule has 1 aromatic heterocycles. The maximum Gasteiger partial charge on any atom is 0.321 e. The van der Waals surface area contributed by atoms with Crippen LogP contribution in [0.3, 0.4) is 0 Å². The van der Waals surface area contributed by atoms with Gasteiger partial charge in [0.05, 0.1) is 5.60 Å². The summed E-state index contributed by atoms with van der Waals surface area (Å²) >= 11 is 0. The van der Waals surface area contributed by atoms with Crippen LogP contribution in [0.2, 0.25) is 0 Å². The van der Waals surface area contributed by atoms with Gasteiger partial charge in [-0.1, -0.05) is 0 Å². The van der Waals surface area contributed by atoms with Crippen molar-refractivity contribution in [2.75, 3.05) is 13.1 Å². The molecule has 98 valence electrons. The van der Waals surface area contributed by atoms with Crippen LogP contribution in [-0.4, -0.2) is 44.5 Å². The minimum atomic E-state index is -0.883. The number of hydrogen-bond acceptors (Lipinski definition) is 4. The molecule has 2 rings (SSSR count). The number of β-amino-alcohol motifs (C(OH)–C–C–N with tert-alkyl or cyclic N) is 1. The predicted octanol–water partition coefficient (Wildman–Crippen LogP) is 0.910. The van der Waals surface area contributed by atoms with E-state index in [0.29, 0.717) is 13.0 Å². The van der Waals surface area contributed by atoms with Gasteiger partial charge in [-0.25, -0.2) is 4.98 Å². The van der Waals surface area contributed by atoms with Gasteiger partial charge in [-0.2, -0.15) is 0 Å². The summed E-state index contributed by atoms with van der Waals surface area (Å²) in [7, 11) is 0. The summed E-state index contributed by atoms with van der Waals surface area (Å²) in [6, 6.07) is 2.65. The average Bonchev–Trinajstić information content (AvgIpc) is 2.76. The Morgan fingerprint density at radius 2 is 2.33 bits per heavy atom. The van der Waals surface area contributed by atoms with Gasteiger partial charge in [0.1, 0.15) is 0 Å². The molecule has 1 atom stereocenters. The quantitative estimate of drug-likeness (QED) is 0.604. The van der Waals surface area contributed by atoms with E-state index in [9.17, 15) is 20.0 Å². The molecule has 1 amide bonds. The smallest absolute Gasteiger partial charge is 0.321 e. The average molecular weight is 253 g/mol. The lowest BCUT2D eigenvalue weighted by molar-refractivity contribution is -0.389. The van der Waals surface area contributed by atoms with Crippen LogP contribution >= 0.6 is 0 Å². The number of piperidine rings is 1. The second-order valence-electron chi connectivity index (χ2n) is 4.84. The molecule has 7 nitrogen and oxygen atoms in total. The van der Waals surface area contributed by atoms with Gasteiger partial charge in [0.15, 0.2) is 5.69 Å². The SMILES string of the molecule is CC1(O)CCCN(C(=O)c2ccc([N+](=O)[O-])[nH]2)C1. The number of rotatable bonds is 2. The number of nitro groups is 1. The molecule has 2 heterocycles. The van der Waals surface area contributed by atoms with Gasteiger partial charge in [-0.3, -0.25) is 4.79 Å². The highest BCUT2D eigenvalue weighted by molar-refractivity contribution is 5.93. The number of H-pyrrole nitrogens is 1. The highest BCUT2D eigenvalue weighted by Gasteiger charge is 2.32. The second-order valence-corrected chi connectivity index (χ2v) is 4.84. The van der Waals surface area contributed by atoms with Gasteiger partial charge >= 0.3 is 5.82 Å². The monoisotopic (exact) mass is 253 g/mol. The van der Waals surface area contributed by atoms with E-state index < -0.39 is 10.5 Å². The summed E-state index contributed by atoms with van der Waals surface area (Å²) in [6.45, 7) is 2.49. The van der Waals surface area contributed by atoms with Crippen LogP contribution in [0, 0.1) is 10.1 Å². The Morgan fingerprint density at radius 3 is 2.89 bits per heavy atom. The van der Waals surface area contributed by atoms with E-state index in [2.05, 4.69) is 4.98 Å². The van der Waals surface area contributed by atoms with Gasteiger partial charge in [0.25, 0.3) is 5.91 Å². The van der Waals surface area contributed by atoms with Gasteiger partial charge in [-0.15, -0.1) is 0 Å². The second kappa shape index (κ2) is 4.41. The molecule has 0 aliphatic carbocycles. The molecule has 18 heavy (non-hydrogen) atoms. The van der Waals surface area contributed by atoms with Gasteiger partial charge in [-0.05, 0) is 30.8 Å². The van der Waals surface area contributed by atoms with Crippen LogP contribution < -0.4 is 0 Å². The third kappa shape index (κ3) is 2.51. The topological polar surface area (TPSA) is 99.5 Å². The van der Waals surface area contributed by atoms with E-state index in [1.807, 2.05) is 0 Å². The number of amides is 1. The number of likely N-dealkylation sites (tertiary alicyclic amines) is 1. The van der Waals surface area contributed by atoms with Crippen molar-refractivity contribution >= 4 is 11.7 Å². The van der Waals surface area contributed by atoms with Crippen molar-refractivity contribution in [2.24, 2.45) is 0 Å². The van der Waals surface area contributed by atoms with Gasteiger partial charge in [0, 0.05) is 19.2 Å². The molecule has 2 N–H and O–H groups in total. The first-order valence-corrected chi connectivity index (χ1v) is 5.74. The van der Waals surface area contributed by atoms with Crippen molar-refractivity contribution in [1.82, 2.24) is 9.88 Å². The number of carbonyl (C=O) groups excluding carboxylic acids is 1. The molecule has 1 aliphatic rings. The Morgan fingerprint density at radius 1 is 1.61 bits per heavy atom. The minimum absolute atomic E-state index is 0.180. The Hall–Kier alpha value is -1.89. The normalized spacial score (nSPS) is 24.0. The van der Waals surface area contributed by atoms with Crippen molar-refractivity contribution in [1.29, 1.82) is 0 Å². The molecule has 7 heteroatoms. The summed E-state index contributed by atoms with van der Waals surface area (Å²) in [5, 5.41) is 20.4. The minimum Gasteiger partial charge on any atom is -0.388 e. The zero-order chi connectivity index (χ0) is 13.3. The molecule has 0 saturated carbocycles. The molecule has 1 saturated heterocycles. The molecule has 1 fully saturated rings. The van der Waals surface area contributed by atoms with Crippen molar-refractivity contribution in [2.45, 2.75) is 25.4 Å². The summed E-state index contributed by atoms with van der Waals surface area (Å²) in [4.78, 5) is 26.0. The lowest BCUT2D eigenvalue weighted by Gasteiger charge is -2.36. The van der Waals surface area contributed by atoms with Crippen LogP contribution in [-0.2, 0) is 0 Å². The van der Waals surface area contributed by atoms with Crippen LogP contribution in [0.5, 0.6) is 0 Å². The van der Waals surface area contributed by atoms with E-state index in [-0.39, 0.29) is 24.0 Å². The first kappa shape index (κ1) is 12.6. The summed E-state index contributed by atoms with van der Waals surface area (Å²) < 4.78 is 0. The van der Waals surface area contributed by atoms with Crippen molar-refractivity contribution in [3.63, 3.8) is 0 Å². The Labute approximate surface area is 104 Å².